The van der Waals surface area contributed by atoms with Crippen LogP contribution in [0.2, 0.25) is 0 Å². The van der Waals surface area contributed by atoms with Gasteiger partial charge in [0.2, 0.25) is 0 Å². The number of hydrogen-bond acceptors (Lipinski definition) is 2. The van der Waals surface area contributed by atoms with E-state index in [9.17, 15) is 0 Å². The molecule has 1 heterocycles. The fourth-order valence-corrected chi connectivity index (χ4v) is 1.45. The molecule has 0 aromatic heterocycles. The average molecular weight is 154 g/mol. The van der Waals surface area contributed by atoms with E-state index < -0.39 is 0 Å². The SMILES string of the molecule is CNC1CC=CN(C)C(C)C1. The van der Waals surface area contributed by atoms with E-state index in [1.807, 2.05) is 7.05 Å². The maximum absolute atomic E-state index is 3.32. The average Bonchev–Trinajstić information content (AvgIpc) is 2.15. The van der Waals surface area contributed by atoms with Gasteiger partial charge in [-0.15, -0.1) is 0 Å². The maximum Gasteiger partial charge on any atom is 0.0267 e. The van der Waals surface area contributed by atoms with Crippen molar-refractivity contribution in [3.63, 3.8) is 0 Å². The van der Waals surface area contributed by atoms with Crippen LogP contribution in [0.5, 0.6) is 0 Å². The number of rotatable bonds is 1. The van der Waals surface area contributed by atoms with Gasteiger partial charge in [-0.3, -0.25) is 0 Å². The van der Waals surface area contributed by atoms with Gasteiger partial charge in [0.1, 0.15) is 0 Å². The molecule has 64 valence electrons. The van der Waals surface area contributed by atoms with Gasteiger partial charge in [-0.2, -0.15) is 0 Å². The first-order valence-electron chi connectivity index (χ1n) is 4.30. The Hall–Kier alpha value is -0.500. The number of hydrogen-bond donors (Lipinski definition) is 1. The first-order valence-corrected chi connectivity index (χ1v) is 4.30. The quantitative estimate of drug-likeness (QED) is 0.610. The fourth-order valence-electron chi connectivity index (χ4n) is 1.45. The third-order valence-corrected chi connectivity index (χ3v) is 2.49. The van der Waals surface area contributed by atoms with Gasteiger partial charge >= 0.3 is 0 Å². The topological polar surface area (TPSA) is 15.3 Å². The van der Waals surface area contributed by atoms with Crippen molar-refractivity contribution in [2.45, 2.75) is 31.8 Å². The van der Waals surface area contributed by atoms with Crippen molar-refractivity contribution in [2.24, 2.45) is 0 Å². The predicted molar refractivity (Wildman–Crippen MR) is 48.4 cm³/mol. The molecule has 2 nitrogen and oxygen atoms in total. The molecule has 0 aromatic rings. The predicted octanol–water partition coefficient (Wildman–Crippen LogP) is 1.20. The highest BCUT2D eigenvalue weighted by atomic mass is 15.1. The van der Waals surface area contributed by atoms with Crippen LogP contribution in [-0.4, -0.2) is 31.1 Å². The van der Waals surface area contributed by atoms with Crippen LogP contribution in [0.4, 0.5) is 0 Å². The zero-order valence-electron chi connectivity index (χ0n) is 7.67. The molecule has 0 bridgehead atoms. The second-order valence-electron chi connectivity index (χ2n) is 3.36. The summed E-state index contributed by atoms with van der Waals surface area (Å²) in [5.74, 6) is 0. The van der Waals surface area contributed by atoms with E-state index in [0.29, 0.717) is 12.1 Å². The summed E-state index contributed by atoms with van der Waals surface area (Å²) in [6.07, 6.45) is 6.82. The largest absolute Gasteiger partial charge is 0.378 e. The monoisotopic (exact) mass is 154 g/mol. The normalized spacial score (nSPS) is 32.1. The number of nitrogens with zero attached hydrogens (tertiary/aromatic N) is 1. The molecule has 11 heavy (non-hydrogen) atoms. The molecule has 1 aliphatic rings. The van der Waals surface area contributed by atoms with E-state index in [2.05, 4.69) is 36.5 Å². The Labute approximate surface area is 69.3 Å². The molecular weight excluding hydrogens is 136 g/mol. The van der Waals surface area contributed by atoms with Gasteiger partial charge in [-0.1, -0.05) is 6.08 Å². The zero-order chi connectivity index (χ0) is 8.27. The highest BCUT2D eigenvalue weighted by molar-refractivity contribution is 4.92. The standard InChI is InChI=1S/C9H18N2/c1-8-7-9(10-2)5-4-6-11(8)3/h4,6,8-10H,5,7H2,1-3H3. The van der Waals surface area contributed by atoms with Crippen LogP contribution in [0, 0.1) is 0 Å². The van der Waals surface area contributed by atoms with Gasteiger partial charge in [0.05, 0.1) is 0 Å². The molecule has 0 saturated heterocycles. The highest BCUT2D eigenvalue weighted by Crippen LogP contribution is 2.12. The Morgan fingerprint density at radius 3 is 2.91 bits per heavy atom. The van der Waals surface area contributed by atoms with E-state index in [1.54, 1.807) is 0 Å². The molecule has 1 N–H and O–H groups in total. The van der Waals surface area contributed by atoms with Crippen molar-refractivity contribution >= 4 is 0 Å². The summed E-state index contributed by atoms with van der Waals surface area (Å²) >= 11 is 0. The minimum atomic E-state index is 0.659. The molecule has 0 spiro atoms. The second kappa shape index (κ2) is 3.77. The lowest BCUT2D eigenvalue weighted by atomic mass is 10.1. The molecule has 0 amide bonds. The van der Waals surface area contributed by atoms with Crippen LogP contribution in [0.1, 0.15) is 19.8 Å². The Kier molecular flexibility index (Phi) is 2.94. The van der Waals surface area contributed by atoms with Crippen LogP contribution in [0.15, 0.2) is 12.3 Å². The fraction of sp³-hybridized carbons (Fsp3) is 0.778. The molecule has 0 radical (unpaired) electrons. The Morgan fingerprint density at radius 1 is 1.55 bits per heavy atom. The van der Waals surface area contributed by atoms with Crippen molar-refractivity contribution < 1.29 is 0 Å². The van der Waals surface area contributed by atoms with Crippen molar-refractivity contribution in [1.29, 1.82) is 0 Å². The summed E-state index contributed by atoms with van der Waals surface area (Å²) in [6, 6.07) is 1.32. The van der Waals surface area contributed by atoms with Crippen molar-refractivity contribution in [3.8, 4) is 0 Å². The molecule has 0 saturated carbocycles. The lowest BCUT2D eigenvalue weighted by molar-refractivity contribution is 0.315. The Morgan fingerprint density at radius 2 is 2.27 bits per heavy atom. The first-order chi connectivity index (χ1) is 5.24. The van der Waals surface area contributed by atoms with Crippen molar-refractivity contribution in [1.82, 2.24) is 10.2 Å². The summed E-state index contributed by atoms with van der Waals surface area (Å²) in [4.78, 5) is 2.28. The molecule has 0 aliphatic carbocycles. The lowest BCUT2D eigenvalue weighted by Crippen LogP contribution is -2.32. The van der Waals surface area contributed by atoms with Crippen LogP contribution in [0.3, 0.4) is 0 Å². The molecule has 2 unspecified atom stereocenters. The molecule has 0 fully saturated rings. The maximum atomic E-state index is 3.32. The molecule has 2 atom stereocenters. The van der Waals surface area contributed by atoms with E-state index in [0.717, 1.165) is 6.42 Å². The molecule has 0 aromatic carbocycles. The third kappa shape index (κ3) is 2.22. The lowest BCUT2D eigenvalue weighted by Gasteiger charge is -2.23. The van der Waals surface area contributed by atoms with Gasteiger partial charge in [-0.25, -0.2) is 0 Å². The van der Waals surface area contributed by atoms with Gasteiger partial charge < -0.3 is 10.2 Å². The second-order valence-corrected chi connectivity index (χ2v) is 3.36. The summed E-state index contributed by atoms with van der Waals surface area (Å²) in [5, 5.41) is 3.32. The van der Waals surface area contributed by atoms with E-state index in [4.69, 9.17) is 0 Å². The minimum absolute atomic E-state index is 0.659. The molecule has 1 rings (SSSR count). The van der Waals surface area contributed by atoms with Crippen LogP contribution >= 0.6 is 0 Å². The molecule has 2 heteroatoms. The van der Waals surface area contributed by atoms with Crippen molar-refractivity contribution in [2.75, 3.05) is 14.1 Å². The highest BCUT2D eigenvalue weighted by Gasteiger charge is 2.14. The zero-order valence-corrected chi connectivity index (χ0v) is 7.67. The van der Waals surface area contributed by atoms with Gasteiger partial charge in [0, 0.05) is 19.1 Å². The molecule has 1 aliphatic heterocycles. The Balaban J connectivity index is 2.51. The summed E-state index contributed by atoms with van der Waals surface area (Å²) in [5.41, 5.74) is 0. The number of nitrogens with one attached hydrogen (secondary N) is 1. The van der Waals surface area contributed by atoms with E-state index in [-0.39, 0.29) is 0 Å². The van der Waals surface area contributed by atoms with Gasteiger partial charge in [-0.05, 0) is 33.0 Å². The van der Waals surface area contributed by atoms with Crippen LogP contribution < -0.4 is 5.32 Å². The summed E-state index contributed by atoms with van der Waals surface area (Å²) < 4.78 is 0. The first kappa shape index (κ1) is 8.60. The van der Waals surface area contributed by atoms with Gasteiger partial charge in [0.25, 0.3) is 0 Å². The van der Waals surface area contributed by atoms with Crippen molar-refractivity contribution in [3.05, 3.63) is 12.3 Å². The minimum Gasteiger partial charge on any atom is -0.378 e. The van der Waals surface area contributed by atoms with E-state index >= 15 is 0 Å². The molecular formula is C9H18N2. The van der Waals surface area contributed by atoms with Crippen LogP contribution in [-0.2, 0) is 0 Å². The Bertz CT molecular complexity index is 142. The smallest absolute Gasteiger partial charge is 0.0267 e. The summed E-state index contributed by atoms with van der Waals surface area (Å²) in [7, 11) is 4.18. The third-order valence-electron chi connectivity index (χ3n) is 2.49. The van der Waals surface area contributed by atoms with E-state index in [1.165, 1.54) is 6.42 Å². The van der Waals surface area contributed by atoms with Crippen LogP contribution in [0.25, 0.3) is 0 Å². The van der Waals surface area contributed by atoms with Gasteiger partial charge in [0.15, 0.2) is 0 Å². The summed E-state index contributed by atoms with van der Waals surface area (Å²) in [6.45, 7) is 2.26.